The molecule has 0 spiro atoms. The molecule has 3 aromatic rings. The SMILES string of the molecule is CC(Cc1ccc(O)c(Cl)c1)(c1ccc(O)cc1)c1ccc(O)cc1. The number of hydrogen-bond donors (Lipinski definition) is 3. The van der Waals surface area contributed by atoms with Gasteiger partial charge >= 0.3 is 0 Å². The molecule has 3 aromatic carbocycles. The van der Waals surface area contributed by atoms with Crippen molar-refractivity contribution in [2.24, 2.45) is 0 Å². The molecular formula is C21H19ClO3. The molecule has 0 heterocycles. The van der Waals surface area contributed by atoms with Crippen molar-refractivity contribution in [2.75, 3.05) is 0 Å². The highest BCUT2D eigenvalue weighted by Crippen LogP contribution is 2.38. The Balaban J connectivity index is 2.09. The van der Waals surface area contributed by atoms with Gasteiger partial charge in [-0.2, -0.15) is 0 Å². The average molecular weight is 355 g/mol. The van der Waals surface area contributed by atoms with E-state index in [0.29, 0.717) is 11.4 Å². The van der Waals surface area contributed by atoms with Crippen molar-refractivity contribution < 1.29 is 15.3 Å². The molecule has 0 atom stereocenters. The lowest BCUT2D eigenvalue weighted by molar-refractivity contribution is 0.471. The molecule has 4 heteroatoms. The molecule has 0 bridgehead atoms. The van der Waals surface area contributed by atoms with Crippen LogP contribution in [-0.2, 0) is 11.8 Å². The molecule has 3 N–H and O–H groups in total. The Morgan fingerprint density at radius 1 is 0.760 bits per heavy atom. The zero-order valence-corrected chi connectivity index (χ0v) is 14.5. The summed E-state index contributed by atoms with van der Waals surface area (Å²) >= 11 is 6.06. The quantitative estimate of drug-likeness (QED) is 0.617. The molecule has 0 amide bonds. The van der Waals surface area contributed by atoms with E-state index in [-0.39, 0.29) is 17.2 Å². The van der Waals surface area contributed by atoms with Crippen LogP contribution in [-0.4, -0.2) is 15.3 Å². The number of halogens is 1. The smallest absolute Gasteiger partial charge is 0.134 e. The summed E-state index contributed by atoms with van der Waals surface area (Å²) in [7, 11) is 0. The van der Waals surface area contributed by atoms with Crippen LogP contribution in [0.15, 0.2) is 66.7 Å². The van der Waals surface area contributed by atoms with E-state index in [1.54, 1.807) is 36.4 Å². The number of benzene rings is 3. The standard InChI is InChI=1S/C21H19ClO3/c1-21(15-3-7-17(23)8-4-15,16-5-9-18(24)10-6-16)13-14-2-11-20(25)19(22)12-14/h2-12,23-25H,13H2,1H3. The fourth-order valence-corrected chi connectivity index (χ4v) is 3.30. The molecule has 0 aliphatic rings. The van der Waals surface area contributed by atoms with Gasteiger partial charge in [-0.25, -0.2) is 0 Å². The van der Waals surface area contributed by atoms with E-state index in [9.17, 15) is 15.3 Å². The van der Waals surface area contributed by atoms with E-state index in [2.05, 4.69) is 6.92 Å². The van der Waals surface area contributed by atoms with Gasteiger partial charge in [-0.15, -0.1) is 0 Å². The summed E-state index contributed by atoms with van der Waals surface area (Å²) in [6, 6.07) is 19.4. The highest BCUT2D eigenvalue weighted by Gasteiger charge is 2.29. The summed E-state index contributed by atoms with van der Waals surface area (Å²) in [5.74, 6) is 0.482. The van der Waals surface area contributed by atoms with Crippen molar-refractivity contribution in [2.45, 2.75) is 18.8 Å². The van der Waals surface area contributed by atoms with Gasteiger partial charge < -0.3 is 15.3 Å². The molecule has 3 rings (SSSR count). The molecule has 0 aliphatic heterocycles. The van der Waals surface area contributed by atoms with Crippen molar-refractivity contribution in [3.63, 3.8) is 0 Å². The third kappa shape index (κ3) is 3.57. The minimum absolute atomic E-state index is 0.0568. The fourth-order valence-electron chi connectivity index (χ4n) is 3.10. The van der Waals surface area contributed by atoms with Gasteiger partial charge in [0.05, 0.1) is 5.02 Å². The highest BCUT2D eigenvalue weighted by atomic mass is 35.5. The minimum Gasteiger partial charge on any atom is -0.508 e. The van der Waals surface area contributed by atoms with Crippen molar-refractivity contribution in [1.82, 2.24) is 0 Å². The van der Waals surface area contributed by atoms with E-state index >= 15 is 0 Å². The summed E-state index contributed by atoms with van der Waals surface area (Å²) in [6.45, 7) is 2.10. The van der Waals surface area contributed by atoms with Crippen LogP contribution >= 0.6 is 11.6 Å². The number of phenols is 3. The third-order valence-corrected chi connectivity index (χ3v) is 4.88. The zero-order valence-electron chi connectivity index (χ0n) is 13.8. The van der Waals surface area contributed by atoms with Gasteiger partial charge in [0.2, 0.25) is 0 Å². The first kappa shape index (κ1) is 17.2. The molecule has 0 unspecified atom stereocenters. The van der Waals surface area contributed by atoms with Crippen LogP contribution in [0.4, 0.5) is 0 Å². The molecule has 0 aromatic heterocycles. The summed E-state index contributed by atoms with van der Waals surface area (Å²) in [4.78, 5) is 0. The predicted octanol–water partition coefficient (Wildman–Crippen LogP) is 5.01. The zero-order chi connectivity index (χ0) is 18.0. The third-order valence-electron chi connectivity index (χ3n) is 4.58. The van der Waals surface area contributed by atoms with Crippen molar-refractivity contribution in [1.29, 1.82) is 0 Å². The monoisotopic (exact) mass is 354 g/mol. The largest absolute Gasteiger partial charge is 0.508 e. The van der Waals surface area contributed by atoms with Crippen LogP contribution in [0.2, 0.25) is 5.02 Å². The molecule has 0 saturated carbocycles. The van der Waals surface area contributed by atoms with E-state index in [1.807, 2.05) is 30.3 Å². The Hall–Kier alpha value is -2.65. The molecular weight excluding hydrogens is 336 g/mol. The number of rotatable bonds is 4. The second-order valence-electron chi connectivity index (χ2n) is 6.39. The van der Waals surface area contributed by atoms with Gasteiger partial charge in [-0.05, 0) is 59.5 Å². The average Bonchev–Trinajstić information content (AvgIpc) is 2.59. The van der Waals surface area contributed by atoms with Gasteiger partial charge in [-0.3, -0.25) is 0 Å². The van der Waals surface area contributed by atoms with E-state index < -0.39 is 5.41 Å². The van der Waals surface area contributed by atoms with E-state index in [0.717, 1.165) is 16.7 Å². The van der Waals surface area contributed by atoms with Crippen molar-refractivity contribution in [3.05, 3.63) is 88.4 Å². The first-order chi connectivity index (χ1) is 11.9. The van der Waals surface area contributed by atoms with Crippen LogP contribution in [0.1, 0.15) is 23.6 Å². The fraction of sp³-hybridized carbons (Fsp3) is 0.143. The highest BCUT2D eigenvalue weighted by molar-refractivity contribution is 6.32. The molecule has 0 radical (unpaired) electrons. The Morgan fingerprint density at radius 2 is 1.24 bits per heavy atom. The van der Waals surface area contributed by atoms with Crippen LogP contribution in [0.5, 0.6) is 17.2 Å². The summed E-state index contributed by atoms with van der Waals surface area (Å²) in [6.07, 6.45) is 0.641. The number of hydrogen-bond acceptors (Lipinski definition) is 3. The number of aromatic hydroxyl groups is 3. The molecule has 0 aliphatic carbocycles. The first-order valence-corrected chi connectivity index (χ1v) is 8.33. The first-order valence-electron chi connectivity index (χ1n) is 7.95. The summed E-state index contributed by atoms with van der Waals surface area (Å²) in [5, 5.41) is 29.2. The number of phenolic OH excluding ortho intramolecular Hbond substituents is 3. The minimum atomic E-state index is -0.401. The van der Waals surface area contributed by atoms with E-state index in [4.69, 9.17) is 11.6 Å². The summed E-state index contributed by atoms with van der Waals surface area (Å²) < 4.78 is 0. The second kappa shape index (κ2) is 6.69. The van der Waals surface area contributed by atoms with Crippen molar-refractivity contribution in [3.8, 4) is 17.2 Å². The summed E-state index contributed by atoms with van der Waals surface area (Å²) in [5.41, 5.74) is 2.63. The molecule has 128 valence electrons. The Morgan fingerprint density at radius 3 is 1.68 bits per heavy atom. The Kier molecular flexibility index (Phi) is 4.60. The second-order valence-corrected chi connectivity index (χ2v) is 6.80. The van der Waals surface area contributed by atoms with Crippen LogP contribution in [0, 0.1) is 0 Å². The van der Waals surface area contributed by atoms with Gasteiger partial charge in [0.1, 0.15) is 17.2 Å². The lowest BCUT2D eigenvalue weighted by Crippen LogP contribution is -2.26. The topological polar surface area (TPSA) is 60.7 Å². The van der Waals surface area contributed by atoms with Gasteiger partial charge in [-0.1, -0.05) is 48.9 Å². The molecule has 0 saturated heterocycles. The lowest BCUT2D eigenvalue weighted by atomic mass is 9.72. The Bertz CT molecular complexity index is 825. The maximum absolute atomic E-state index is 9.65. The Labute approximate surface area is 151 Å². The van der Waals surface area contributed by atoms with Crippen LogP contribution in [0.3, 0.4) is 0 Å². The maximum atomic E-state index is 9.65. The van der Waals surface area contributed by atoms with Crippen LogP contribution in [0.25, 0.3) is 0 Å². The van der Waals surface area contributed by atoms with E-state index in [1.165, 1.54) is 0 Å². The van der Waals surface area contributed by atoms with Gasteiger partial charge in [0.15, 0.2) is 0 Å². The van der Waals surface area contributed by atoms with Crippen LogP contribution < -0.4 is 0 Å². The molecule has 25 heavy (non-hydrogen) atoms. The normalized spacial score (nSPS) is 11.4. The maximum Gasteiger partial charge on any atom is 0.134 e. The molecule has 3 nitrogen and oxygen atoms in total. The van der Waals surface area contributed by atoms with Crippen molar-refractivity contribution >= 4 is 11.6 Å². The lowest BCUT2D eigenvalue weighted by Gasteiger charge is -2.31. The predicted molar refractivity (Wildman–Crippen MR) is 99.5 cm³/mol. The molecule has 0 fully saturated rings. The van der Waals surface area contributed by atoms with Gasteiger partial charge in [0.25, 0.3) is 0 Å². The van der Waals surface area contributed by atoms with Gasteiger partial charge in [0, 0.05) is 5.41 Å².